The second-order valence-electron chi connectivity index (χ2n) is 5.21. The average molecular weight is 349 g/mol. The van der Waals surface area contributed by atoms with Gasteiger partial charge >= 0.3 is 6.09 Å². The summed E-state index contributed by atoms with van der Waals surface area (Å²) in [5, 5.41) is 3.06. The average Bonchev–Trinajstić information content (AvgIpc) is 3.22. The minimum absolute atomic E-state index is 0.228. The number of thiocarbonyl (C=S) groups is 1. The minimum atomic E-state index is -0.516. The number of cyclic esters (lactones) is 1. The molecule has 0 bridgehead atoms. The lowest BCUT2D eigenvalue weighted by atomic mass is 10.2. The number of nitrogens with one attached hydrogen (secondary N) is 1. The second kappa shape index (κ2) is 6.88. The first-order chi connectivity index (χ1) is 11.6. The molecule has 0 radical (unpaired) electrons. The van der Waals surface area contributed by atoms with Crippen molar-refractivity contribution >= 4 is 29.2 Å². The summed E-state index contributed by atoms with van der Waals surface area (Å²) < 4.78 is 26.1. The van der Waals surface area contributed by atoms with Crippen LogP contribution in [0.1, 0.15) is 0 Å². The van der Waals surface area contributed by atoms with Crippen LogP contribution in [0.15, 0.2) is 42.7 Å². The number of carbonyl (C=O) groups is 1. The van der Waals surface area contributed by atoms with E-state index >= 15 is 0 Å². The van der Waals surface area contributed by atoms with Crippen molar-refractivity contribution in [2.24, 2.45) is 0 Å². The normalized spacial score (nSPS) is 16.8. The Balaban J connectivity index is 1.71. The highest BCUT2D eigenvalue weighted by molar-refractivity contribution is 7.80. The van der Waals surface area contributed by atoms with Gasteiger partial charge in [0.25, 0.3) is 5.17 Å². The summed E-state index contributed by atoms with van der Waals surface area (Å²) in [5.74, 6) is -0.418. The lowest BCUT2D eigenvalue weighted by molar-refractivity contribution is 0.142. The Hall–Kier alpha value is -2.61. The third-order valence-corrected chi connectivity index (χ3v) is 3.97. The zero-order valence-corrected chi connectivity index (χ0v) is 13.8. The van der Waals surface area contributed by atoms with Crippen LogP contribution in [0.3, 0.4) is 0 Å². The second-order valence-corrected chi connectivity index (χ2v) is 5.59. The summed E-state index contributed by atoms with van der Waals surface area (Å²) in [6.45, 7) is 0.638. The summed E-state index contributed by atoms with van der Waals surface area (Å²) >= 11 is 4.87. The molecule has 24 heavy (non-hydrogen) atoms. The molecule has 0 spiro atoms. The molecule has 8 heteroatoms. The SMILES string of the molecule is COC(=S)NC[C@H]1CN(c2ccc(-n3cccc3)c(F)c2)C(=O)O1. The summed E-state index contributed by atoms with van der Waals surface area (Å²) in [4.78, 5) is 13.4. The number of halogens is 1. The molecule has 1 aliphatic heterocycles. The van der Waals surface area contributed by atoms with Crippen LogP contribution in [0.4, 0.5) is 14.9 Å². The van der Waals surface area contributed by atoms with Gasteiger partial charge in [-0.3, -0.25) is 4.90 Å². The molecule has 0 saturated carbocycles. The van der Waals surface area contributed by atoms with Crippen LogP contribution in [0.5, 0.6) is 0 Å². The maximum atomic E-state index is 14.3. The molecular weight excluding hydrogens is 333 g/mol. The molecule has 1 aliphatic rings. The molecule has 1 atom stereocenters. The number of amides is 1. The van der Waals surface area contributed by atoms with Gasteiger partial charge in [-0.15, -0.1) is 0 Å². The topological polar surface area (TPSA) is 55.7 Å². The van der Waals surface area contributed by atoms with Crippen molar-refractivity contribution in [3.8, 4) is 5.69 Å². The van der Waals surface area contributed by atoms with Crippen LogP contribution in [0.25, 0.3) is 5.69 Å². The number of aromatic nitrogens is 1. The monoisotopic (exact) mass is 349 g/mol. The molecule has 6 nitrogen and oxygen atoms in total. The molecule has 0 aliphatic carbocycles. The van der Waals surface area contributed by atoms with Crippen LogP contribution in [0, 0.1) is 5.82 Å². The van der Waals surface area contributed by atoms with Crippen molar-refractivity contribution in [1.82, 2.24) is 9.88 Å². The van der Waals surface area contributed by atoms with E-state index in [1.54, 1.807) is 29.1 Å². The van der Waals surface area contributed by atoms with E-state index in [1.165, 1.54) is 18.1 Å². The van der Waals surface area contributed by atoms with Crippen LogP contribution in [0.2, 0.25) is 0 Å². The fourth-order valence-electron chi connectivity index (χ4n) is 2.48. The first kappa shape index (κ1) is 16.3. The van der Waals surface area contributed by atoms with Crippen molar-refractivity contribution < 1.29 is 18.7 Å². The standard InChI is InChI=1S/C16H16FN3O3S/c1-22-15(24)18-9-12-10-20(16(21)23-12)11-4-5-14(13(17)8-11)19-6-2-3-7-19/h2-8,12H,9-10H2,1H3,(H,18,24)/t12-/m0/s1. The fourth-order valence-corrected chi connectivity index (χ4v) is 2.56. The van der Waals surface area contributed by atoms with Crippen molar-refractivity contribution in [2.45, 2.75) is 6.10 Å². The molecule has 1 N–H and O–H groups in total. The van der Waals surface area contributed by atoms with Gasteiger partial charge in [-0.25, -0.2) is 9.18 Å². The number of anilines is 1. The quantitative estimate of drug-likeness (QED) is 0.860. The van der Waals surface area contributed by atoms with Gasteiger partial charge in [0.1, 0.15) is 11.9 Å². The van der Waals surface area contributed by atoms with Gasteiger partial charge in [-0.05, 0) is 42.5 Å². The van der Waals surface area contributed by atoms with Crippen LogP contribution >= 0.6 is 12.2 Å². The van der Waals surface area contributed by atoms with Gasteiger partial charge in [0.15, 0.2) is 0 Å². The van der Waals surface area contributed by atoms with Crippen molar-refractivity contribution in [2.75, 3.05) is 25.1 Å². The number of benzene rings is 1. The van der Waals surface area contributed by atoms with E-state index in [0.29, 0.717) is 24.5 Å². The van der Waals surface area contributed by atoms with Crippen LogP contribution < -0.4 is 10.2 Å². The molecule has 1 fully saturated rings. The lowest BCUT2D eigenvalue weighted by Gasteiger charge is -2.15. The smallest absolute Gasteiger partial charge is 0.414 e. The van der Waals surface area contributed by atoms with Gasteiger partial charge in [0.2, 0.25) is 0 Å². The van der Waals surface area contributed by atoms with Crippen LogP contribution in [-0.2, 0) is 9.47 Å². The highest BCUT2D eigenvalue weighted by Crippen LogP contribution is 2.25. The highest BCUT2D eigenvalue weighted by Gasteiger charge is 2.32. The number of methoxy groups -OCH3 is 1. The maximum Gasteiger partial charge on any atom is 0.414 e. The first-order valence-corrected chi connectivity index (χ1v) is 7.72. The Bertz CT molecular complexity index is 751. The molecule has 0 unspecified atom stereocenters. The van der Waals surface area contributed by atoms with Gasteiger partial charge in [-0.2, -0.15) is 0 Å². The summed E-state index contributed by atoms with van der Waals surface area (Å²) in [7, 11) is 1.46. The zero-order valence-electron chi connectivity index (χ0n) is 12.9. The van der Waals surface area contributed by atoms with Crippen molar-refractivity contribution in [3.05, 3.63) is 48.5 Å². The molecule has 3 rings (SSSR count). The summed E-state index contributed by atoms with van der Waals surface area (Å²) in [6.07, 6.45) is 2.60. The Labute approximate surface area is 143 Å². The van der Waals surface area contributed by atoms with E-state index in [9.17, 15) is 9.18 Å². The third-order valence-electron chi connectivity index (χ3n) is 3.66. The molecule has 1 amide bonds. The number of rotatable bonds is 4. The molecule has 2 aromatic rings. The van der Waals surface area contributed by atoms with Crippen LogP contribution in [-0.4, -0.2) is 42.1 Å². The predicted molar refractivity (Wildman–Crippen MR) is 91.0 cm³/mol. The minimum Gasteiger partial charge on any atom is -0.474 e. The Morgan fingerprint density at radius 1 is 1.46 bits per heavy atom. The van der Waals surface area contributed by atoms with E-state index in [1.807, 2.05) is 12.1 Å². The largest absolute Gasteiger partial charge is 0.474 e. The van der Waals surface area contributed by atoms with Gasteiger partial charge in [-0.1, -0.05) is 0 Å². The number of ether oxygens (including phenoxy) is 2. The molecule has 2 heterocycles. The number of hydrogen-bond donors (Lipinski definition) is 1. The lowest BCUT2D eigenvalue weighted by Crippen LogP contribution is -2.34. The van der Waals surface area contributed by atoms with E-state index in [2.05, 4.69) is 5.32 Å². The molecule has 1 saturated heterocycles. The molecule has 1 aromatic carbocycles. The number of hydrogen-bond acceptors (Lipinski definition) is 4. The predicted octanol–water partition coefficient (Wildman–Crippen LogP) is 2.46. The van der Waals surface area contributed by atoms with Gasteiger partial charge in [0, 0.05) is 12.4 Å². The zero-order chi connectivity index (χ0) is 17.1. The first-order valence-electron chi connectivity index (χ1n) is 7.31. The van der Waals surface area contributed by atoms with Crippen molar-refractivity contribution in [1.29, 1.82) is 0 Å². The number of nitrogens with zero attached hydrogens (tertiary/aromatic N) is 2. The van der Waals surface area contributed by atoms with E-state index in [0.717, 1.165) is 0 Å². The summed E-state index contributed by atoms with van der Waals surface area (Å²) in [6, 6.07) is 8.27. The molecule has 126 valence electrons. The molecular formula is C16H16FN3O3S. The summed E-state index contributed by atoms with van der Waals surface area (Å²) in [5.41, 5.74) is 0.866. The van der Waals surface area contributed by atoms with E-state index in [4.69, 9.17) is 21.7 Å². The van der Waals surface area contributed by atoms with Crippen molar-refractivity contribution in [3.63, 3.8) is 0 Å². The van der Waals surface area contributed by atoms with E-state index in [-0.39, 0.29) is 5.17 Å². The highest BCUT2D eigenvalue weighted by atomic mass is 32.1. The molecule has 1 aromatic heterocycles. The van der Waals surface area contributed by atoms with Gasteiger partial charge < -0.3 is 19.4 Å². The van der Waals surface area contributed by atoms with Gasteiger partial charge in [0.05, 0.1) is 31.6 Å². The Morgan fingerprint density at radius 3 is 2.88 bits per heavy atom. The Kier molecular flexibility index (Phi) is 4.66. The third kappa shape index (κ3) is 3.33. The maximum absolute atomic E-state index is 14.3. The number of carbonyl (C=O) groups excluding carboxylic acids is 1. The Morgan fingerprint density at radius 2 is 2.21 bits per heavy atom. The fraction of sp³-hybridized carbons (Fsp3) is 0.250. The van der Waals surface area contributed by atoms with E-state index < -0.39 is 18.0 Å².